The summed E-state index contributed by atoms with van der Waals surface area (Å²) in [6.45, 7) is 0. The number of hydrogen-bond donors (Lipinski definition) is 0. The molecule has 9 heteroatoms. The fourth-order valence-corrected chi connectivity index (χ4v) is 3.05. The average molecular weight is 330 g/mol. The number of alkyl halides is 3. The minimum atomic E-state index is -5.07. The second-order valence-electron chi connectivity index (χ2n) is 4.15. The summed E-state index contributed by atoms with van der Waals surface area (Å²) in [5.41, 5.74) is -5.62. The molecular weight excluding hydrogens is 321 g/mol. The van der Waals surface area contributed by atoms with Gasteiger partial charge in [0.25, 0.3) is 5.69 Å². The zero-order valence-corrected chi connectivity index (χ0v) is 11.7. The van der Waals surface area contributed by atoms with Gasteiger partial charge in [-0.05, 0) is 24.3 Å². The summed E-state index contributed by atoms with van der Waals surface area (Å²) in [5, 5.41) is 10.5. The van der Waals surface area contributed by atoms with Gasteiger partial charge in [-0.1, -0.05) is 18.2 Å². The van der Waals surface area contributed by atoms with Gasteiger partial charge in [0.05, 0.1) is 15.5 Å². The molecule has 2 aromatic carbocycles. The molecule has 2 rings (SSSR count). The lowest BCUT2D eigenvalue weighted by atomic mass is 10.3. The molecule has 22 heavy (non-hydrogen) atoms. The lowest BCUT2D eigenvalue weighted by Gasteiger charge is -2.13. The quantitative estimate of drug-likeness (QED) is 0.623. The zero-order chi connectivity index (χ0) is 16.4. The summed E-state index contributed by atoms with van der Waals surface area (Å²) in [6, 6.07) is 10.3. The molecule has 0 fully saturated rings. The minimum Gasteiger partial charge on any atom is -0.258 e. The van der Waals surface area contributed by atoms with Crippen LogP contribution in [0.25, 0.3) is 0 Å². The summed E-state index contributed by atoms with van der Waals surface area (Å²) in [6.07, 6.45) is 0. The topological polar surface area (TPSA) is 72.6 Å². The maximum Gasteiger partial charge on any atom is 0.484 e. The van der Waals surface area contributed by atoms with Crippen molar-refractivity contribution in [2.24, 2.45) is 4.36 Å². The molecule has 0 amide bonds. The molecule has 0 saturated carbocycles. The molecule has 1 atom stereocenters. The van der Waals surface area contributed by atoms with E-state index in [2.05, 4.69) is 4.36 Å². The first-order chi connectivity index (χ1) is 10.2. The van der Waals surface area contributed by atoms with Crippen molar-refractivity contribution in [3.63, 3.8) is 0 Å². The molecule has 0 saturated heterocycles. The molecule has 0 aliphatic heterocycles. The van der Waals surface area contributed by atoms with Crippen LogP contribution in [0.3, 0.4) is 0 Å². The highest BCUT2D eigenvalue weighted by Gasteiger charge is 2.44. The number of halogens is 3. The van der Waals surface area contributed by atoms with E-state index in [1.54, 1.807) is 0 Å². The van der Waals surface area contributed by atoms with E-state index in [9.17, 15) is 27.5 Å². The predicted octanol–water partition coefficient (Wildman–Crippen LogP) is 4.27. The van der Waals surface area contributed by atoms with Crippen LogP contribution in [0.4, 0.5) is 24.5 Å². The van der Waals surface area contributed by atoms with Crippen LogP contribution >= 0.6 is 0 Å². The maximum atomic E-state index is 13.2. The molecule has 1 unspecified atom stereocenters. The molecule has 0 aromatic heterocycles. The van der Waals surface area contributed by atoms with E-state index in [0.717, 1.165) is 36.4 Å². The van der Waals surface area contributed by atoms with Gasteiger partial charge in [0.2, 0.25) is 0 Å². The first-order valence-electron chi connectivity index (χ1n) is 5.87. The first kappa shape index (κ1) is 16.0. The highest BCUT2D eigenvalue weighted by atomic mass is 32.2. The highest BCUT2D eigenvalue weighted by molar-refractivity contribution is 7.94. The van der Waals surface area contributed by atoms with Crippen LogP contribution in [-0.4, -0.2) is 14.6 Å². The molecule has 2 aromatic rings. The van der Waals surface area contributed by atoms with Gasteiger partial charge in [-0.25, -0.2) is 4.21 Å². The Morgan fingerprint density at radius 1 is 1.00 bits per heavy atom. The van der Waals surface area contributed by atoms with Crippen LogP contribution in [0.1, 0.15) is 0 Å². The van der Waals surface area contributed by atoms with E-state index in [1.165, 1.54) is 18.2 Å². The predicted molar refractivity (Wildman–Crippen MR) is 74.1 cm³/mol. The van der Waals surface area contributed by atoms with Crippen LogP contribution in [0.5, 0.6) is 0 Å². The lowest BCUT2D eigenvalue weighted by Crippen LogP contribution is -2.22. The molecule has 0 bridgehead atoms. The number of hydrogen-bond acceptors (Lipinski definition) is 4. The van der Waals surface area contributed by atoms with Gasteiger partial charge in [0.15, 0.2) is 9.73 Å². The Morgan fingerprint density at radius 3 is 2.00 bits per heavy atom. The maximum absolute atomic E-state index is 13.2. The van der Waals surface area contributed by atoms with Gasteiger partial charge in [-0.3, -0.25) is 10.1 Å². The summed E-state index contributed by atoms with van der Waals surface area (Å²) < 4.78 is 55.3. The largest absolute Gasteiger partial charge is 0.484 e. The molecule has 0 radical (unpaired) electrons. The summed E-state index contributed by atoms with van der Waals surface area (Å²) in [5.74, 6) is 0. The van der Waals surface area contributed by atoms with Gasteiger partial charge in [0.1, 0.15) is 0 Å². The van der Waals surface area contributed by atoms with Crippen LogP contribution in [-0.2, 0) is 9.73 Å². The van der Waals surface area contributed by atoms with Crippen LogP contribution in [0.15, 0.2) is 63.9 Å². The molecule has 0 aliphatic carbocycles. The van der Waals surface area contributed by atoms with Crippen molar-refractivity contribution in [3.05, 3.63) is 64.7 Å². The Kier molecular flexibility index (Phi) is 4.18. The van der Waals surface area contributed by atoms with Gasteiger partial charge in [0, 0.05) is 12.1 Å². The number of rotatable bonds is 3. The molecule has 116 valence electrons. The summed E-state index contributed by atoms with van der Waals surface area (Å²) in [4.78, 5) is 9.35. The minimum absolute atomic E-state index is 0.253. The average Bonchev–Trinajstić information content (AvgIpc) is 2.47. The monoisotopic (exact) mass is 330 g/mol. The number of benzene rings is 2. The van der Waals surface area contributed by atoms with Crippen LogP contribution < -0.4 is 0 Å². The molecule has 5 nitrogen and oxygen atoms in total. The number of nitro benzene ring substituents is 1. The molecular formula is C13H9F3N2O3S. The van der Waals surface area contributed by atoms with Crippen LogP contribution in [0, 0.1) is 10.1 Å². The zero-order valence-electron chi connectivity index (χ0n) is 10.9. The number of nitrogens with zero attached hydrogens (tertiary/aromatic N) is 2. The fraction of sp³-hybridized carbons (Fsp3) is 0.0769. The molecule has 0 heterocycles. The fourth-order valence-electron chi connectivity index (χ4n) is 1.63. The third-order valence-electron chi connectivity index (χ3n) is 2.67. The Balaban J connectivity index is 2.60. The van der Waals surface area contributed by atoms with Gasteiger partial charge < -0.3 is 0 Å². The van der Waals surface area contributed by atoms with Crippen molar-refractivity contribution in [2.75, 3.05) is 0 Å². The van der Waals surface area contributed by atoms with Crippen molar-refractivity contribution < 1.29 is 22.3 Å². The van der Waals surface area contributed by atoms with E-state index in [0.29, 0.717) is 0 Å². The number of nitro groups is 1. The first-order valence-corrected chi connectivity index (χ1v) is 7.38. The smallest absolute Gasteiger partial charge is 0.258 e. The standard InChI is InChI=1S/C13H9F3N2O3S/c14-13(15,16)22(21,12-4-2-1-3-5-12)17-10-6-8-11(9-7-10)18(19)20/h1-9H. The second-order valence-corrected chi connectivity index (χ2v) is 6.32. The Bertz CT molecular complexity index is 796. The normalized spacial score (nSPS) is 14.1. The van der Waals surface area contributed by atoms with Gasteiger partial charge in [-0.2, -0.15) is 17.5 Å². The van der Waals surface area contributed by atoms with E-state index < -0.39 is 25.1 Å². The number of non-ortho nitro benzene ring substituents is 1. The van der Waals surface area contributed by atoms with Crippen LogP contribution in [0.2, 0.25) is 0 Å². The Morgan fingerprint density at radius 2 is 1.55 bits per heavy atom. The third-order valence-corrected chi connectivity index (χ3v) is 4.68. The second kappa shape index (κ2) is 5.76. The van der Waals surface area contributed by atoms with Gasteiger partial charge >= 0.3 is 5.51 Å². The van der Waals surface area contributed by atoms with Crippen molar-refractivity contribution >= 4 is 21.1 Å². The van der Waals surface area contributed by atoms with Gasteiger partial charge in [-0.15, -0.1) is 0 Å². The third kappa shape index (κ3) is 3.08. The summed E-state index contributed by atoms with van der Waals surface area (Å²) >= 11 is 0. The van der Waals surface area contributed by atoms with Crippen molar-refractivity contribution in [1.29, 1.82) is 0 Å². The van der Waals surface area contributed by atoms with Crippen molar-refractivity contribution in [2.45, 2.75) is 10.4 Å². The molecule has 0 aliphatic rings. The summed E-state index contributed by atoms with van der Waals surface area (Å²) in [7, 11) is -4.71. The lowest BCUT2D eigenvalue weighted by molar-refractivity contribution is -0.384. The molecule has 0 N–H and O–H groups in total. The Labute approximate surface area is 123 Å². The van der Waals surface area contributed by atoms with E-state index in [-0.39, 0.29) is 11.4 Å². The highest BCUT2D eigenvalue weighted by Crippen LogP contribution is 2.35. The van der Waals surface area contributed by atoms with E-state index in [1.807, 2.05) is 0 Å². The van der Waals surface area contributed by atoms with E-state index >= 15 is 0 Å². The van der Waals surface area contributed by atoms with Crippen molar-refractivity contribution in [3.8, 4) is 0 Å². The Hall–Kier alpha value is -2.42. The van der Waals surface area contributed by atoms with E-state index in [4.69, 9.17) is 0 Å². The SMILES string of the molecule is O=[N+]([O-])c1ccc(N=S(=O)(c2ccccc2)C(F)(F)F)cc1. The molecule has 0 spiro atoms. The van der Waals surface area contributed by atoms with Crippen molar-refractivity contribution in [1.82, 2.24) is 0 Å².